The molecule has 0 aliphatic carbocycles. The van der Waals surface area contributed by atoms with Crippen molar-refractivity contribution in [3.63, 3.8) is 0 Å². The minimum absolute atomic E-state index is 0.0892. The summed E-state index contributed by atoms with van der Waals surface area (Å²) >= 11 is 1.41. The molecule has 0 radical (unpaired) electrons. The van der Waals surface area contributed by atoms with Crippen molar-refractivity contribution in [1.29, 1.82) is 0 Å². The number of anilines is 1. The van der Waals surface area contributed by atoms with E-state index in [-0.39, 0.29) is 11.7 Å². The summed E-state index contributed by atoms with van der Waals surface area (Å²) in [5, 5.41) is 5.18. The van der Waals surface area contributed by atoms with Crippen molar-refractivity contribution in [1.82, 2.24) is 10.3 Å². The molecule has 1 aromatic carbocycles. The molecule has 0 unspecified atom stereocenters. The average molecular weight is 380 g/mol. The topological polar surface area (TPSA) is 79.4 Å². The molecule has 1 aromatic heterocycles. The molecule has 8 heteroatoms. The predicted molar refractivity (Wildman–Crippen MR) is 101 cm³/mol. The maximum atomic E-state index is 12.2. The van der Waals surface area contributed by atoms with Gasteiger partial charge in [0.2, 0.25) is 0 Å². The Balaban J connectivity index is 1.73. The molecule has 1 aliphatic heterocycles. The van der Waals surface area contributed by atoms with Crippen LogP contribution in [-0.2, 0) is 16.3 Å². The van der Waals surface area contributed by atoms with E-state index in [1.54, 1.807) is 12.3 Å². The van der Waals surface area contributed by atoms with E-state index < -0.39 is 15.9 Å². The van der Waals surface area contributed by atoms with Crippen molar-refractivity contribution in [2.24, 2.45) is 0 Å². The van der Waals surface area contributed by atoms with Crippen molar-refractivity contribution in [3.05, 3.63) is 34.8 Å². The summed E-state index contributed by atoms with van der Waals surface area (Å²) in [4.78, 5) is 18.9. The average Bonchev–Trinajstić information content (AvgIpc) is 3.12. The molecule has 1 N–H and O–H groups in total. The number of fused-ring (bicyclic) bond motifs is 1. The SMILES string of the molecule is C[C@@H](CS(C)(=O)=O)NC(=O)c1csc(-c2ccc3c(c2)CCN3C)n1. The number of likely N-dealkylation sites (N-methyl/N-ethyl adjacent to an activating group) is 1. The lowest BCUT2D eigenvalue weighted by atomic mass is 10.1. The van der Waals surface area contributed by atoms with Gasteiger partial charge in [-0.1, -0.05) is 0 Å². The Kier molecular flexibility index (Phi) is 4.83. The van der Waals surface area contributed by atoms with Gasteiger partial charge in [0.15, 0.2) is 0 Å². The molecule has 1 aliphatic rings. The predicted octanol–water partition coefficient (Wildman–Crippen LogP) is 1.97. The Hall–Kier alpha value is -1.93. The lowest BCUT2D eigenvalue weighted by Gasteiger charge is -2.12. The number of carbonyl (C=O) groups excluding carboxylic acids is 1. The van der Waals surface area contributed by atoms with Crippen LogP contribution in [0.2, 0.25) is 0 Å². The van der Waals surface area contributed by atoms with Gasteiger partial charge < -0.3 is 10.2 Å². The van der Waals surface area contributed by atoms with Gasteiger partial charge in [-0.15, -0.1) is 11.3 Å². The Morgan fingerprint density at radius 2 is 2.20 bits per heavy atom. The van der Waals surface area contributed by atoms with Gasteiger partial charge in [0.05, 0.1) is 5.75 Å². The summed E-state index contributed by atoms with van der Waals surface area (Å²) in [5.74, 6) is -0.437. The molecule has 0 bridgehead atoms. The third-order valence-electron chi connectivity index (χ3n) is 4.12. The van der Waals surface area contributed by atoms with Gasteiger partial charge in [-0.25, -0.2) is 13.4 Å². The van der Waals surface area contributed by atoms with Crippen LogP contribution in [-0.4, -0.2) is 51.0 Å². The fraction of sp³-hybridized carbons (Fsp3) is 0.412. The molecular formula is C17H21N3O3S2. The van der Waals surface area contributed by atoms with Crippen LogP contribution < -0.4 is 10.2 Å². The van der Waals surface area contributed by atoms with Crippen molar-refractivity contribution in [2.45, 2.75) is 19.4 Å². The first kappa shape index (κ1) is 17.9. The first-order chi connectivity index (χ1) is 11.7. The van der Waals surface area contributed by atoms with Crippen LogP contribution in [0.5, 0.6) is 0 Å². The van der Waals surface area contributed by atoms with Gasteiger partial charge >= 0.3 is 0 Å². The highest BCUT2D eigenvalue weighted by molar-refractivity contribution is 7.90. The molecule has 134 valence electrons. The second-order valence-corrected chi connectivity index (χ2v) is 9.56. The van der Waals surface area contributed by atoms with E-state index in [0.29, 0.717) is 5.69 Å². The van der Waals surface area contributed by atoms with Gasteiger partial charge in [0.25, 0.3) is 5.91 Å². The monoisotopic (exact) mass is 379 g/mol. The lowest BCUT2D eigenvalue weighted by molar-refractivity contribution is 0.0939. The Bertz CT molecular complexity index is 906. The smallest absolute Gasteiger partial charge is 0.271 e. The molecule has 25 heavy (non-hydrogen) atoms. The van der Waals surface area contributed by atoms with Crippen molar-refractivity contribution >= 4 is 32.8 Å². The fourth-order valence-electron chi connectivity index (χ4n) is 3.00. The first-order valence-corrected chi connectivity index (χ1v) is 11.0. The number of thiazole rings is 1. The van der Waals surface area contributed by atoms with Crippen LogP contribution in [0.25, 0.3) is 10.6 Å². The van der Waals surface area contributed by atoms with Crippen LogP contribution >= 0.6 is 11.3 Å². The van der Waals surface area contributed by atoms with E-state index >= 15 is 0 Å². The summed E-state index contributed by atoms with van der Waals surface area (Å²) < 4.78 is 22.6. The van der Waals surface area contributed by atoms with Crippen LogP contribution in [0.3, 0.4) is 0 Å². The zero-order valence-electron chi connectivity index (χ0n) is 14.4. The molecule has 2 heterocycles. The van der Waals surface area contributed by atoms with Crippen LogP contribution in [0.15, 0.2) is 23.6 Å². The van der Waals surface area contributed by atoms with Crippen molar-refractivity contribution in [3.8, 4) is 10.6 Å². The number of nitrogens with one attached hydrogen (secondary N) is 1. The summed E-state index contributed by atoms with van der Waals surface area (Å²) in [6.07, 6.45) is 2.17. The highest BCUT2D eigenvalue weighted by Gasteiger charge is 2.19. The lowest BCUT2D eigenvalue weighted by Crippen LogP contribution is -2.37. The van der Waals surface area contributed by atoms with Gasteiger partial charge in [-0.2, -0.15) is 0 Å². The van der Waals surface area contributed by atoms with Crippen molar-refractivity contribution < 1.29 is 13.2 Å². The Morgan fingerprint density at radius 3 is 2.92 bits per heavy atom. The molecule has 6 nitrogen and oxygen atoms in total. The summed E-state index contributed by atoms with van der Waals surface area (Å²) in [5.41, 5.74) is 3.86. The molecule has 1 amide bonds. The number of aromatic nitrogens is 1. The van der Waals surface area contributed by atoms with E-state index in [9.17, 15) is 13.2 Å². The van der Waals surface area contributed by atoms with Crippen LogP contribution in [0, 0.1) is 0 Å². The van der Waals surface area contributed by atoms with E-state index in [4.69, 9.17) is 0 Å². The van der Waals surface area contributed by atoms with Crippen molar-refractivity contribution in [2.75, 3.05) is 30.5 Å². The summed E-state index contributed by atoms with van der Waals surface area (Å²) in [6.45, 7) is 2.69. The highest BCUT2D eigenvalue weighted by Crippen LogP contribution is 2.32. The maximum Gasteiger partial charge on any atom is 0.271 e. The molecule has 0 saturated heterocycles. The van der Waals surface area contributed by atoms with E-state index in [2.05, 4.69) is 34.4 Å². The number of amides is 1. The number of benzene rings is 1. The normalized spacial score (nSPS) is 15.1. The second-order valence-electron chi connectivity index (χ2n) is 6.52. The summed E-state index contributed by atoms with van der Waals surface area (Å²) in [6, 6.07) is 5.79. The Labute approximate surface area is 151 Å². The largest absolute Gasteiger partial charge is 0.374 e. The minimum Gasteiger partial charge on any atom is -0.374 e. The number of carbonyl (C=O) groups is 1. The van der Waals surface area contributed by atoms with Gasteiger partial charge in [-0.05, 0) is 37.1 Å². The zero-order valence-corrected chi connectivity index (χ0v) is 16.1. The van der Waals surface area contributed by atoms with Gasteiger partial charge in [0, 0.05) is 42.5 Å². The highest BCUT2D eigenvalue weighted by atomic mass is 32.2. The van der Waals surface area contributed by atoms with Gasteiger partial charge in [0.1, 0.15) is 20.5 Å². The fourth-order valence-corrected chi connectivity index (χ4v) is 4.79. The summed E-state index contributed by atoms with van der Waals surface area (Å²) in [7, 11) is -1.06. The van der Waals surface area contributed by atoms with Crippen LogP contribution in [0.4, 0.5) is 5.69 Å². The maximum absolute atomic E-state index is 12.2. The number of nitrogens with zero attached hydrogens (tertiary/aromatic N) is 2. The second kappa shape index (κ2) is 6.76. The quantitative estimate of drug-likeness (QED) is 0.859. The third kappa shape index (κ3) is 4.19. The molecule has 0 spiro atoms. The number of rotatable bonds is 5. The molecular weight excluding hydrogens is 358 g/mol. The molecule has 1 atom stereocenters. The molecule has 2 aromatic rings. The van der Waals surface area contributed by atoms with E-state index in [1.807, 2.05) is 6.07 Å². The zero-order chi connectivity index (χ0) is 18.2. The Morgan fingerprint density at radius 1 is 1.44 bits per heavy atom. The first-order valence-electron chi connectivity index (χ1n) is 8.01. The van der Waals surface area contributed by atoms with Gasteiger partial charge in [-0.3, -0.25) is 4.79 Å². The number of hydrogen-bond acceptors (Lipinski definition) is 6. The van der Waals surface area contributed by atoms with E-state index in [0.717, 1.165) is 29.8 Å². The molecule has 0 saturated carbocycles. The minimum atomic E-state index is -3.14. The third-order valence-corrected chi connectivity index (χ3v) is 6.12. The number of sulfone groups is 1. The molecule has 0 fully saturated rings. The standard InChI is InChI=1S/C17H21N3O3S2/c1-11(10-25(3,22)23)18-16(21)14-9-24-17(19-14)13-4-5-15-12(8-13)6-7-20(15)2/h4-5,8-9,11H,6-7,10H2,1-3H3,(H,18,21)/t11-/m0/s1. The molecule has 3 rings (SSSR count). The number of hydrogen-bond donors (Lipinski definition) is 1. The van der Waals surface area contributed by atoms with Crippen LogP contribution in [0.1, 0.15) is 23.0 Å². The van der Waals surface area contributed by atoms with E-state index in [1.165, 1.54) is 22.6 Å².